The Labute approximate surface area is 146 Å². The molecule has 132 valence electrons. The molecule has 0 amide bonds. The first-order chi connectivity index (χ1) is 11.6. The molecule has 1 N–H and O–H groups in total. The topological polar surface area (TPSA) is 50.9 Å². The molecule has 1 heterocycles. The van der Waals surface area contributed by atoms with Gasteiger partial charge in [0.05, 0.1) is 6.61 Å². The molecule has 0 spiro atoms. The van der Waals surface area contributed by atoms with Crippen molar-refractivity contribution in [2.45, 2.75) is 34.6 Å². The summed E-state index contributed by atoms with van der Waals surface area (Å²) < 4.78 is 1.88. The number of hydrogen-bond donors (Lipinski definition) is 1. The number of aromatic nitrogens is 3. The van der Waals surface area contributed by atoms with E-state index in [1.807, 2.05) is 42.7 Å². The van der Waals surface area contributed by atoms with Crippen LogP contribution >= 0.6 is 0 Å². The Morgan fingerprint density at radius 2 is 2.00 bits per heavy atom. The minimum atomic E-state index is -0.00131. The molecule has 0 saturated heterocycles. The van der Waals surface area contributed by atoms with E-state index in [0.29, 0.717) is 17.7 Å². The second-order valence-corrected chi connectivity index (χ2v) is 5.32. The molecule has 24 heavy (non-hydrogen) atoms. The van der Waals surface area contributed by atoms with E-state index < -0.39 is 0 Å². The number of aliphatic hydroxyl groups excluding tert-OH is 1. The lowest BCUT2D eigenvalue weighted by Gasteiger charge is -2.03. The Morgan fingerprint density at radius 1 is 1.33 bits per heavy atom. The first-order valence-electron chi connectivity index (χ1n) is 8.45. The monoisotopic (exact) mass is 329 g/mol. The normalized spacial score (nSPS) is 16.0. The molecular weight excluding hydrogens is 298 g/mol. The summed E-state index contributed by atoms with van der Waals surface area (Å²) in [5, 5.41) is 16.6. The molecule has 1 aliphatic rings. The molecule has 1 atom stereocenters. The molecule has 2 rings (SSSR count). The van der Waals surface area contributed by atoms with Gasteiger partial charge in [-0.25, -0.2) is 0 Å². The zero-order valence-electron chi connectivity index (χ0n) is 15.6. The van der Waals surface area contributed by atoms with Crippen molar-refractivity contribution in [1.29, 1.82) is 0 Å². The largest absolute Gasteiger partial charge is 0.392 e. The predicted octanol–water partition coefficient (Wildman–Crippen LogP) is 4.74. The fraction of sp³-hybridized carbons (Fsp3) is 0.400. The van der Waals surface area contributed by atoms with Gasteiger partial charge in [-0.05, 0) is 30.1 Å². The van der Waals surface area contributed by atoms with E-state index in [4.69, 9.17) is 5.11 Å². The molecule has 0 radical (unpaired) electrons. The van der Waals surface area contributed by atoms with Crippen LogP contribution in [0.2, 0.25) is 0 Å². The highest BCUT2D eigenvalue weighted by atomic mass is 16.2. The molecule has 1 aromatic rings. The van der Waals surface area contributed by atoms with Crippen molar-refractivity contribution in [3.05, 3.63) is 61.3 Å². The van der Waals surface area contributed by atoms with E-state index in [0.717, 1.165) is 5.70 Å². The van der Waals surface area contributed by atoms with Crippen molar-refractivity contribution in [2.75, 3.05) is 6.61 Å². The average molecular weight is 329 g/mol. The Kier molecular flexibility index (Phi) is 12.0. The number of aliphatic hydroxyl groups is 1. The maximum Gasteiger partial charge on any atom is 0.160 e. The van der Waals surface area contributed by atoms with Gasteiger partial charge >= 0.3 is 0 Å². The standard InChI is InChI=1S/C13H15N3O.C5H10.C2H6/c1-11-4-2-5-12(8-7-11)16-10-14-15-13(16)6-3-9-17;1-4-5(2)3;1-2/h2-8,10-11,17H,9H2,1H3;4-5H,1H2,2-3H3;1-2H3/b6-3+;;. The molecule has 0 aliphatic heterocycles. The number of hydrogen-bond acceptors (Lipinski definition) is 3. The van der Waals surface area contributed by atoms with Crippen LogP contribution in [-0.4, -0.2) is 26.5 Å². The van der Waals surface area contributed by atoms with Crippen molar-refractivity contribution in [1.82, 2.24) is 14.8 Å². The quantitative estimate of drug-likeness (QED) is 0.812. The average Bonchev–Trinajstić information content (AvgIpc) is 2.96. The van der Waals surface area contributed by atoms with E-state index >= 15 is 0 Å². The molecule has 0 saturated carbocycles. The zero-order chi connectivity index (χ0) is 18.4. The molecule has 0 aromatic carbocycles. The second-order valence-electron chi connectivity index (χ2n) is 5.32. The summed E-state index contributed by atoms with van der Waals surface area (Å²) in [5.41, 5.74) is 1.01. The summed E-state index contributed by atoms with van der Waals surface area (Å²) in [6.45, 7) is 13.9. The lowest BCUT2D eigenvalue weighted by Crippen LogP contribution is -1.96. The van der Waals surface area contributed by atoms with E-state index in [1.165, 1.54) is 0 Å². The van der Waals surface area contributed by atoms with Crippen LogP contribution in [0.25, 0.3) is 11.8 Å². The van der Waals surface area contributed by atoms with Crippen molar-refractivity contribution >= 4 is 11.8 Å². The van der Waals surface area contributed by atoms with Crippen molar-refractivity contribution < 1.29 is 5.11 Å². The zero-order valence-corrected chi connectivity index (χ0v) is 15.6. The van der Waals surface area contributed by atoms with Gasteiger partial charge in [0.2, 0.25) is 0 Å². The van der Waals surface area contributed by atoms with Crippen LogP contribution in [0.1, 0.15) is 40.4 Å². The van der Waals surface area contributed by atoms with Gasteiger partial charge in [0.15, 0.2) is 5.82 Å². The molecule has 4 nitrogen and oxygen atoms in total. The molecule has 0 fully saturated rings. The lowest BCUT2D eigenvalue weighted by atomic mass is 10.2. The Bertz CT molecular complexity index is 577. The van der Waals surface area contributed by atoms with Crippen LogP contribution in [0.5, 0.6) is 0 Å². The SMILES string of the molecule is C=CC(C)C.CC.CC1C=CC=C(n2cnnc2/C=C/CO)C=C1. The van der Waals surface area contributed by atoms with Gasteiger partial charge in [0, 0.05) is 5.70 Å². The third kappa shape index (κ3) is 8.44. The lowest BCUT2D eigenvalue weighted by molar-refractivity contribution is 0.343. The van der Waals surface area contributed by atoms with Crippen LogP contribution in [0, 0.1) is 11.8 Å². The molecule has 0 bridgehead atoms. The maximum absolute atomic E-state index is 8.76. The Balaban J connectivity index is 0.000000650. The summed E-state index contributed by atoms with van der Waals surface area (Å²) in [6.07, 6.45) is 17.3. The molecule has 1 unspecified atom stereocenters. The number of rotatable bonds is 4. The van der Waals surface area contributed by atoms with Crippen molar-refractivity contribution in [3.63, 3.8) is 0 Å². The third-order valence-electron chi connectivity index (χ3n) is 2.95. The Morgan fingerprint density at radius 3 is 2.58 bits per heavy atom. The molecule has 4 heteroatoms. The van der Waals surface area contributed by atoms with Gasteiger partial charge in [0.25, 0.3) is 0 Å². The highest BCUT2D eigenvalue weighted by molar-refractivity contribution is 5.63. The maximum atomic E-state index is 8.76. The van der Waals surface area contributed by atoms with E-state index in [-0.39, 0.29) is 6.61 Å². The summed E-state index contributed by atoms with van der Waals surface area (Å²) >= 11 is 0. The highest BCUT2D eigenvalue weighted by Gasteiger charge is 2.05. The van der Waals surface area contributed by atoms with Crippen LogP contribution in [0.15, 0.2) is 55.4 Å². The van der Waals surface area contributed by atoms with E-state index in [2.05, 4.69) is 49.7 Å². The summed E-state index contributed by atoms with van der Waals surface area (Å²) in [4.78, 5) is 0. The van der Waals surface area contributed by atoms with Crippen LogP contribution in [0.4, 0.5) is 0 Å². The van der Waals surface area contributed by atoms with Gasteiger partial charge in [-0.3, -0.25) is 4.57 Å². The predicted molar refractivity (Wildman–Crippen MR) is 104 cm³/mol. The summed E-state index contributed by atoms with van der Waals surface area (Å²) in [5.74, 6) is 1.78. The van der Waals surface area contributed by atoms with Crippen molar-refractivity contribution in [2.24, 2.45) is 11.8 Å². The van der Waals surface area contributed by atoms with Gasteiger partial charge < -0.3 is 5.11 Å². The smallest absolute Gasteiger partial charge is 0.160 e. The number of allylic oxidation sites excluding steroid dienone is 7. The van der Waals surface area contributed by atoms with Gasteiger partial charge in [-0.2, -0.15) is 0 Å². The second kappa shape index (κ2) is 13.3. The highest BCUT2D eigenvalue weighted by Crippen LogP contribution is 2.15. The fourth-order valence-electron chi connectivity index (χ4n) is 1.57. The Hall–Kier alpha value is -2.20. The molecular formula is C20H31N3O. The van der Waals surface area contributed by atoms with Crippen LogP contribution in [0.3, 0.4) is 0 Å². The molecule has 1 aromatic heterocycles. The summed E-state index contributed by atoms with van der Waals surface area (Å²) in [6, 6.07) is 0. The number of nitrogens with zero attached hydrogens (tertiary/aromatic N) is 3. The first-order valence-corrected chi connectivity index (χ1v) is 8.45. The first kappa shape index (κ1) is 21.8. The fourth-order valence-corrected chi connectivity index (χ4v) is 1.57. The van der Waals surface area contributed by atoms with Crippen LogP contribution < -0.4 is 0 Å². The van der Waals surface area contributed by atoms with Crippen LogP contribution in [-0.2, 0) is 0 Å². The minimum Gasteiger partial charge on any atom is -0.392 e. The summed E-state index contributed by atoms with van der Waals surface area (Å²) in [7, 11) is 0. The van der Waals surface area contributed by atoms with Gasteiger partial charge in [-0.1, -0.05) is 65.0 Å². The van der Waals surface area contributed by atoms with Crippen molar-refractivity contribution in [3.8, 4) is 0 Å². The third-order valence-corrected chi connectivity index (χ3v) is 2.95. The molecule has 1 aliphatic carbocycles. The van der Waals surface area contributed by atoms with Gasteiger partial charge in [0.1, 0.15) is 6.33 Å². The minimum absolute atomic E-state index is 0.00131. The van der Waals surface area contributed by atoms with E-state index in [1.54, 1.807) is 18.5 Å². The van der Waals surface area contributed by atoms with E-state index in [9.17, 15) is 0 Å². The van der Waals surface area contributed by atoms with Gasteiger partial charge in [-0.15, -0.1) is 16.8 Å².